The number of hydrazine groups is 1. The van der Waals surface area contributed by atoms with Crippen LogP contribution in [0.3, 0.4) is 0 Å². The monoisotopic (exact) mass is 445 g/mol. The van der Waals surface area contributed by atoms with Crippen molar-refractivity contribution >= 4 is 16.8 Å². The summed E-state index contributed by atoms with van der Waals surface area (Å²) in [6, 6.07) is 15.7. The number of hydrogen-bond acceptors (Lipinski definition) is 5. The lowest BCUT2D eigenvalue weighted by Gasteiger charge is -2.32. The number of piperidine rings is 1. The molecule has 1 aliphatic heterocycles. The average molecular weight is 445 g/mol. The molecule has 7 nitrogen and oxygen atoms in total. The van der Waals surface area contributed by atoms with Crippen LogP contribution in [0.2, 0.25) is 0 Å². The molecule has 1 atom stereocenters. The minimum Gasteiger partial charge on any atom is -0.486 e. The summed E-state index contributed by atoms with van der Waals surface area (Å²) >= 11 is 0. The number of aromatic nitrogens is 3. The number of benzene rings is 2. The van der Waals surface area contributed by atoms with E-state index in [1.54, 1.807) is 30.5 Å². The highest BCUT2D eigenvalue weighted by Crippen LogP contribution is 2.27. The Morgan fingerprint density at radius 2 is 2.09 bits per heavy atom. The van der Waals surface area contributed by atoms with E-state index in [-0.39, 0.29) is 23.6 Å². The summed E-state index contributed by atoms with van der Waals surface area (Å²) in [5, 5.41) is 10.2. The number of hydrogen-bond donors (Lipinski definition) is 2. The maximum Gasteiger partial charge on any atom is 0.265 e. The number of halogens is 1. The van der Waals surface area contributed by atoms with Crippen LogP contribution in [0.5, 0.6) is 5.75 Å². The molecule has 2 aromatic heterocycles. The number of ether oxygens (including phenoxy) is 1. The second kappa shape index (κ2) is 8.99. The summed E-state index contributed by atoms with van der Waals surface area (Å²) in [7, 11) is 0. The van der Waals surface area contributed by atoms with Crippen LogP contribution in [0.15, 0.2) is 60.8 Å². The molecular weight excluding hydrogens is 421 g/mol. The molecule has 1 saturated heterocycles. The summed E-state index contributed by atoms with van der Waals surface area (Å²) in [6.07, 6.45) is 3.19. The Labute approximate surface area is 190 Å². The van der Waals surface area contributed by atoms with Crippen LogP contribution in [0.1, 0.15) is 28.9 Å². The van der Waals surface area contributed by atoms with Crippen LogP contribution < -0.4 is 10.2 Å². The van der Waals surface area contributed by atoms with Crippen molar-refractivity contribution in [1.82, 2.24) is 25.6 Å². The molecular formula is C25H24FN5O2. The fourth-order valence-electron chi connectivity index (χ4n) is 4.13. The first-order chi connectivity index (χ1) is 16.1. The van der Waals surface area contributed by atoms with Gasteiger partial charge in [-0.05, 0) is 62.2 Å². The van der Waals surface area contributed by atoms with Gasteiger partial charge in [0.15, 0.2) is 11.6 Å². The number of carbonyl (C=O) groups is 1. The fraction of sp³-hybridized carbons (Fsp3) is 0.240. The summed E-state index contributed by atoms with van der Waals surface area (Å²) in [6.45, 7) is 3.12. The lowest BCUT2D eigenvalue weighted by Crippen LogP contribution is -2.50. The van der Waals surface area contributed by atoms with Gasteiger partial charge in [-0.25, -0.2) is 9.40 Å². The Morgan fingerprint density at radius 3 is 2.94 bits per heavy atom. The lowest BCUT2D eigenvalue weighted by molar-refractivity contribution is 0.0449. The minimum atomic E-state index is -0.382. The third kappa shape index (κ3) is 4.56. The van der Waals surface area contributed by atoms with Crippen molar-refractivity contribution in [3.05, 3.63) is 77.9 Å². The Bertz CT molecular complexity index is 1300. The van der Waals surface area contributed by atoms with Crippen LogP contribution in [0.4, 0.5) is 4.39 Å². The average Bonchev–Trinajstić information content (AvgIpc) is 3.24. The highest BCUT2D eigenvalue weighted by molar-refractivity contribution is 6.01. The number of nitrogens with zero attached hydrogens (tertiary/aromatic N) is 3. The number of H-pyrrole nitrogens is 1. The molecule has 0 saturated carbocycles. The number of aromatic amines is 1. The third-order valence-electron chi connectivity index (χ3n) is 5.76. The highest BCUT2D eigenvalue weighted by atomic mass is 19.1. The molecule has 1 unspecified atom stereocenters. The molecule has 1 aliphatic rings. The molecule has 168 valence electrons. The smallest absolute Gasteiger partial charge is 0.265 e. The summed E-state index contributed by atoms with van der Waals surface area (Å²) in [4.78, 5) is 17.2. The quantitative estimate of drug-likeness (QED) is 0.480. The largest absolute Gasteiger partial charge is 0.486 e. The van der Waals surface area contributed by atoms with E-state index in [9.17, 15) is 9.18 Å². The van der Waals surface area contributed by atoms with E-state index in [4.69, 9.17) is 4.74 Å². The van der Waals surface area contributed by atoms with Crippen molar-refractivity contribution in [3.63, 3.8) is 0 Å². The van der Waals surface area contributed by atoms with Gasteiger partial charge in [0, 0.05) is 34.9 Å². The van der Waals surface area contributed by atoms with Gasteiger partial charge in [-0.3, -0.25) is 20.3 Å². The van der Waals surface area contributed by atoms with Crippen molar-refractivity contribution in [3.8, 4) is 17.0 Å². The van der Waals surface area contributed by atoms with Crippen molar-refractivity contribution < 1.29 is 13.9 Å². The molecule has 8 heteroatoms. The zero-order chi connectivity index (χ0) is 22.8. The van der Waals surface area contributed by atoms with E-state index in [2.05, 4.69) is 20.6 Å². The second-order valence-corrected chi connectivity index (χ2v) is 8.22. The molecule has 5 rings (SSSR count). The second-order valence-electron chi connectivity index (χ2n) is 8.22. The normalized spacial score (nSPS) is 16.6. The van der Waals surface area contributed by atoms with Crippen LogP contribution in [0.25, 0.3) is 22.2 Å². The van der Waals surface area contributed by atoms with Crippen LogP contribution in [0, 0.1) is 12.7 Å². The Kier molecular flexibility index (Phi) is 5.75. The standard InChI is InChI=1S/C25H24FN5O2/c1-16-13-17(10-11-27-16)24-20-14-18(8-9-22(20)28-29-24)25(32)30-31-12-4-5-19(15-31)33-23-7-3-2-6-21(23)26/h2-3,6-11,13-14,19H,4-5,12,15H2,1H3,(H,28,29)(H,30,32). The molecule has 2 aromatic carbocycles. The predicted octanol–water partition coefficient (Wildman–Crippen LogP) is 4.26. The number of aryl methyl sites for hydroxylation is 1. The number of nitrogens with one attached hydrogen (secondary N) is 2. The first-order valence-electron chi connectivity index (χ1n) is 10.9. The van der Waals surface area contributed by atoms with Gasteiger partial charge >= 0.3 is 0 Å². The number of fused-ring (bicyclic) bond motifs is 1. The van der Waals surface area contributed by atoms with Gasteiger partial charge in [0.05, 0.1) is 12.1 Å². The Hall–Kier alpha value is -3.78. The SMILES string of the molecule is Cc1cc(-c2n[nH]c3ccc(C(=O)NN4CCCC(Oc5ccccc5F)C4)cc23)ccn1. The molecule has 3 heterocycles. The number of para-hydroxylation sites is 1. The predicted molar refractivity (Wildman–Crippen MR) is 123 cm³/mol. The minimum absolute atomic E-state index is 0.200. The summed E-state index contributed by atoms with van der Waals surface area (Å²) in [5.74, 6) is -0.353. The van der Waals surface area contributed by atoms with E-state index in [1.165, 1.54) is 6.07 Å². The number of amides is 1. The van der Waals surface area contributed by atoms with Gasteiger partial charge in [0.2, 0.25) is 0 Å². The first-order valence-corrected chi connectivity index (χ1v) is 10.9. The Morgan fingerprint density at radius 1 is 1.21 bits per heavy atom. The molecule has 0 radical (unpaired) electrons. The maximum absolute atomic E-state index is 13.9. The molecule has 0 bridgehead atoms. The van der Waals surface area contributed by atoms with Crippen molar-refractivity contribution in [1.29, 1.82) is 0 Å². The van der Waals surface area contributed by atoms with Gasteiger partial charge in [0.25, 0.3) is 5.91 Å². The molecule has 2 N–H and O–H groups in total. The number of pyridine rings is 1. The number of rotatable bonds is 5. The molecule has 0 spiro atoms. The zero-order valence-electron chi connectivity index (χ0n) is 18.2. The topological polar surface area (TPSA) is 83.1 Å². The van der Waals surface area contributed by atoms with Gasteiger partial charge in [-0.15, -0.1) is 0 Å². The van der Waals surface area contributed by atoms with Gasteiger partial charge < -0.3 is 4.74 Å². The Balaban J connectivity index is 1.30. The molecule has 1 amide bonds. The van der Waals surface area contributed by atoms with Gasteiger partial charge in [-0.1, -0.05) is 12.1 Å². The van der Waals surface area contributed by atoms with Crippen LogP contribution in [-0.4, -0.2) is 45.3 Å². The molecule has 1 fully saturated rings. The first kappa shape index (κ1) is 21.1. The number of carbonyl (C=O) groups excluding carboxylic acids is 1. The van der Waals surface area contributed by atoms with Gasteiger partial charge in [-0.2, -0.15) is 5.10 Å². The molecule has 33 heavy (non-hydrogen) atoms. The van der Waals surface area contributed by atoms with E-state index in [1.807, 2.05) is 36.2 Å². The van der Waals surface area contributed by atoms with E-state index in [0.29, 0.717) is 18.7 Å². The lowest BCUT2D eigenvalue weighted by atomic mass is 10.1. The van der Waals surface area contributed by atoms with Crippen LogP contribution in [-0.2, 0) is 0 Å². The summed E-state index contributed by atoms with van der Waals surface area (Å²) in [5.41, 5.74) is 6.98. The summed E-state index contributed by atoms with van der Waals surface area (Å²) < 4.78 is 19.8. The highest BCUT2D eigenvalue weighted by Gasteiger charge is 2.24. The molecule has 0 aliphatic carbocycles. The maximum atomic E-state index is 13.9. The van der Waals surface area contributed by atoms with Gasteiger partial charge in [0.1, 0.15) is 11.8 Å². The van der Waals surface area contributed by atoms with E-state index in [0.717, 1.165) is 40.7 Å². The van der Waals surface area contributed by atoms with Crippen molar-refractivity contribution in [2.24, 2.45) is 0 Å². The van der Waals surface area contributed by atoms with E-state index >= 15 is 0 Å². The van der Waals surface area contributed by atoms with Crippen LogP contribution >= 0.6 is 0 Å². The van der Waals surface area contributed by atoms with E-state index < -0.39 is 0 Å². The zero-order valence-corrected chi connectivity index (χ0v) is 18.2. The molecule has 4 aromatic rings. The fourth-order valence-corrected chi connectivity index (χ4v) is 4.13. The van der Waals surface area contributed by atoms with Crippen molar-refractivity contribution in [2.45, 2.75) is 25.9 Å². The third-order valence-corrected chi connectivity index (χ3v) is 5.76. The van der Waals surface area contributed by atoms with Crippen molar-refractivity contribution in [2.75, 3.05) is 13.1 Å².